The first-order valence-corrected chi connectivity index (χ1v) is 10.4. The summed E-state index contributed by atoms with van der Waals surface area (Å²) in [7, 11) is 0. The highest BCUT2D eigenvalue weighted by Crippen LogP contribution is 2.24. The van der Waals surface area contributed by atoms with Gasteiger partial charge >= 0.3 is 0 Å². The number of aromatic nitrogens is 2. The largest absolute Gasteiger partial charge is 0.467 e. The van der Waals surface area contributed by atoms with E-state index in [0.717, 1.165) is 21.8 Å². The number of H-pyrrole nitrogens is 1. The summed E-state index contributed by atoms with van der Waals surface area (Å²) in [5, 5.41) is 6.17. The highest BCUT2D eigenvalue weighted by Gasteiger charge is 2.13. The van der Waals surface area contributed by atoms with E-state index in [2.05, 4.69) is 20.6 Å². The number of imidazole rings is 1. The van der Waals surface area contributed by atoms with E-state index in [9.17, 15) is 9.59 Å². The number of fused-ring (bicyclic) bond motifs is 1. The van der Waals surface area contributed by atoms with Crippen molar-refractivity contribution in [3.8, 4) is 0 Å². The van der Waals surface area contributed by atoms with Crippen LogP contribution in [0.3, 0.4) is 0 Å². The number of nitrogens with zero attached hydrogens (tertiary/aromatic N) is 1. The quantitative estimate of drug-likeness (QED) is 0.379. The van der Waals surface area contributed by atoms with Crippen LogP contribution in [0.5, 0.6) is 0 Å². The van der Waals surface area contributed by atoms with E-state index in [1.165, 1.54) is 11.8 Å². The van der Waals surface area contributed by atoms with Crippen molar-refractivity contribution >= 4 is 34.6 Å². The van der Waals surface area contributed by atoms with Gasteiger partial charge in [0.15, 0.2) is 5.16 Å². The van der Waals surface area contributed by atoms with Crippen molar-refractivity contribution in [1.29, 1.82) is 0 Å². The fraction of sp³-hybridized carbons (Fsp3) is 0.136. The molecule has 0 bridgehead atoms. The molecule has 0 aliphatic carbocycles. The first-order valence-electron chi connectivity index (χ1n) is 9.42. The van der Waals surface area contributed by atoms with Gasteiger partial charge in [0.25, 0.3) is 5.91 Å². The second kappa shape index (κ2) is 9.32. The number of carbonyl (C=O) groups excluding carboxylic acids is 2. The Labute approximate surface area is 177 Å². The van der Waals surface area contributed by atoms with Gasteiger partial charge in [0, 0.05) is 11.3 Å². The zero-order valence-electron chi connectivity index (χ0n) is 16.1. The van der Waals surface area contributed by atoms with Gasteiger partial charge in [-0.2, -0.15) is 0 Å². The molecule has 0 saturated heterocycles. The molecule has 2 heterocycles. The van der Waals surface area contributed by atoms with Crippen LogP contribution in [0.25, 0.3) is 11.0 Å². The van der Waals surface area contributed by atoms with Crippen LogP contribution in [0, 0.1) is 0 Å². The fourth-order valence-electron chi connectivity index (χ4n) is 2.93. The van der Waals surface area contributed by atoms with Crippen LogP contribution in [-0.2, 0) is 17.1 Å². The minimum absolute atomic E-state index is 0.107. The lowest BCUT2D eigenvalue weighted by atomic mass is 10.1. The minimum atomic E-state index is -0.288. The SMILES string of the molecule is O=C(CNC(=O)c1ccccc1CSc1nc2ccccc2[nH]1)NCc1ccco1. The monoisotopic (exact) mass is 420 g/mol. The number of amides is 2. The van der Waals surface area contributed by atoms with E-state index in [4.69, 9.17) is 4.42 Å². The lowest BCUT2D eigenvalue weighted by Crippen LogP contribution is -2.36. The molecule has 8 heteroatoms. The van der Waals surface area contributed by atoms with Gasteiger partial charge in [0.05, 0.1) is 30.4 Å². The molecular weight excluding hydrogens is 400 g/mol. The molecule has 0 atom stereocenters. The van der Waals surface area contributed by atoms with E-state index < -0.39 is 0 Å². The van der Waals surface area contributed by atoms with Crippen LogP contribution in [0.15, 0.2) is 76.5 Å². The highest BCUT2D eigenvalue weighted by molar-refractivity contribution is 7.98. The first kappa shape index (κ1) is 19.8. The average Bonchev–Trinajstić information content (AvgIpc) is 3.44. The van der Waals surface area contributed by atoms with Crippen molar-refractivity contribution in [2.24, 2.45) is 0 Å². The Balaban J connectivity index is 1.33. The van der Waals surface area contributed by atoms with Crippen molar-refractivity contribution in [1.82, 2.24) is 20.6 Å². The van der Waals surface area contributed by atoms with Gasteiger partial charge in [-0.05, 0) is 35.9 Å². The maximum Gasteiger partial charge on any atom is 0.252 e. The Bertz CT molecular complexity index is 1120. The minimum Gasteiger partial charge on any atom is -0.467 e. The molecule has 4 aromatic rings. The van der Waals surface area contributed by atoms with Crippen molar-refractivity contribution in [3.05, 3.63) is 83.8 Å². The molecule has 152 valence electrons. The van der Waals surface area contributed by atoms with Crippen molar-refractivity contribution in [2.45, 2.75) is 17.5 Å². The summed E-state index contributed by atoms with van der Waals surface area (Å²) in [4.78, 5) is 32.4. The number of thioether (sulfide) groups is 1. The lowest BCUT2D eigenvalue weighted by molar-refractivity contribution is -0.120. The molecule has 0 unspecified atom stereocenters. The number of carbonyl (C=O) groups is 2. The Morgan fingerprint density at radius 1 is 1.00 bits per heavy atom. The maximum atomic E-state index is 12.6. The number of hydrogen-bond acceptors (Lipinski definition) is 5. The lowest BCUT2D eigenvalue weighted by Gasteiger charge is -2.10. The summed E-state index contributed by atoms with van der Waals surface area (Å²) < 4.78 is 5.17. The third-order valence-corrected chi connectivity index (χ3v) is 5.37. The van der Waals surface area contributed by atoms with E-state index in [1.54, 1.807) is 30.5 Å². The predicted molar refractivity (Wildman–Crippen MR) is 115 cm³/mol. The molecule has 2 aromatic carbocycles. The third-order valence-electron chi connectivity index (χ3n) is 4.44. The smallest absolute Gasteiger partial charge is 0.252 e. The molecule has 0 fully saturated rings. The van der Waals surface area contributed by atoms with Gasteiger partial charge in [0.1, 0.15) is 5.76 Å². The Morgan fingerprint density at radius 2 is 1.83 bits per heavy atom. The predicted octanol–water partition coefficient (Wildman–Crippen LogP) is 3.49. The number of para-hydroxylation sites is 2. The summed E-state index contributed by atoms with van der Waals surface area (Å²) >= 11 is 1.53. The van der Waals surface area contributed by atoms with Crippen molar-refractivity contribution in [3.63, 3.8) is 0 Å². The number of benzene rings is 2. The number of hydrogen-bond donors (Lipinski definition) is 3. The van der Waals surface area contributed by atoms with Crippen LogP contribution < -0.4 is 10.6 Å². The second-order valence-electron chi connectivity index (χ2n) is 6.54. The van der Waals surface area contributed by atoms with Crippen LogP contribution >= 0.6 is 11.8 Å². The second-order valence-corrected chi connectivity index (χ2v) is 7.51. The average molecular weight is 420 g/mol. The van der Waals surface area contributed by atoms with Gasteiger partial charge < -0.3 is 20.0 Å². The number of rotatable bonds is 8. The Morgan fingerprint density at radius 3 is 2.67 bits per heavy atom. The Kier molecular flexibility index (Phi) is 6.14. The van der Waals surface area contributed by atoms with Gasteiger partial charge in [-0.25, -0.2) is 4.98 Å². The summed E-state index contributed by atoms with van der Waals surface area (Å²) in [6.45, 7) is 0.178. The zero-order valence-corrected chi connectivity index (χ0v) is 16.9. The number of nitrogens with one attached hydrogen (secondary N) is 3. The van der Waals surface area contributed by atoms with E-state index >= 15 is 0 Å². The van der Waals surface area contributed by atoms with Crippen molar-refractivity contribution < 1.29 is 14.0 Å². The summed E-state index contributed by atoms with van der Waals surface area (Å²) in [5.41, 5.74) is 3.30. The molecule has 0 aliphatic rings. The molecule has 0 aliphatic heterocycles. The summed E-state index contributed by atoms with van der Waals surface area (Å²) in [6.07, 6.45) is 1.55. The molecule has 7 nitrogen and oxygen atoms in total. The number of furan rings is 1. The first-order chi connectivity index (χ1) is 14.7. The molecule has 3 N–H and O–H groups in total. The topological polar surface area (TPSA) is 100 Å². The normalized spacial score (nSPS) is 10.8. The third kappa shape index (κ3) is 4.90. The number of aromatic amines is 1. The van der Waals surface area contributed by atoms with Crippen LogP contribution in [0.1, 0.15) is 21.7 Å². The molecular formula is C22H20N4O3S. The van der Waals surface area contributed by atoms with Gasteiger partial charge in [-0.15, -0.1) is 0 Å². The Hall–Kier alpha value is -3.52. The summed E-state index contributed by atoms with van der Waals surface area (Å²) in [6, 6.07) is 18.7. The highest BCUT2D eigenvalue weighted by atomic mass is 32.2. The van der Waals surface area contributed by atoms with Crippen LogP contribution in [0.2, 0.25) is 0 Å². The zero-order chi connectivity index (χ0) is 20.8. The molecule has 0 saturated carbocycles. The van der Waals surface area contributed by atoms with E-state index in [-0.39, 0.29) is 24.9 Å². The standard InChI is InChI=1S/C22H20N4O3S/c27-20(23-12-16-7-5-11-29-16)13-24-21(28)17-8-2-1-6-15(17)14-30-22-25-18-9-3-4-10-19(18)26-22/h1-11H,12-14H2,(H,23,27)(H,24,28)(H,25,26). The van der Waals surface area contributed by atoms with E-state index in [1.807, 2.05) is 36.4 Å². The molecule has 2 aromatic heterocycles. The maximum absolute atomic E-state index is 12.6. The fourth-order valence-corrected chi connectivity index (χ4v) is 3.82. The van der Waals surface area contributed by atoms with Crippen molar-refractivity contribution in [2.75, 3.05) is 6.54 Å². The summed E-state index contributed by atoms with van der Waals surface area (Å²) in [5.74, 6) is 0.661. The van der Waals surface area contributed by atoms with Crippen LogP contribution in [-0.4, -0.2) is 28.3 Å². The van der Waals surface area contributed by atoms with Gasteiger partial charge in [-0.3, -0.25) is 9.59 Å². The van der Waals surface area contributed by atoms with Crippen LogP contribution in [0.4, 0.5) is 0 Å². The van der Waals surface area contributed by atoms with E-state index in [0.29, 0.717) is 17.1 Å². The molecule has 0 spiro atoms. The van der Waals surface area contributed by atoms with Gasteiger partial charge in [0.2, 0.25) is 5.91 Å². The molecule has 30 heavy (non-hydrogen) atoms. The molecule has 0 radical (unpaired) electrons. The molecule has 2 amide bonds. The van der Waals surface area contributed by atoms with Gasteiger partial charge in [-0.1, -0.05) is 42.1 Å². The molecule has 4 rings (SSSR count).